The fourth-order valence-electron chi connectivity index (χ4n) is 1.76. The van der Waals surface area contributed by atoms with Gasteiger partial charge in [-0.05, 0) is 31.0 Å². The number of aliphatic imine (C=N–C) groups is 1. The third kappa shape index (κ3) is 7.66. The first-order chi connectivity index (χ1) is 10.5. The monoisotopic (exact) mass is 345 g/mol. The van der Waals surface area contributed by atoms with E-state index in [-0.39, 0.29) is 18.1 Å². The van der Waals surface area contributed by atoms with Crippen LogP contribution in [0.1, 0.15) is 19.4 Å². The molecule has 124 valence electrons. The molecule has 1 rings (SSSR count). The van der Waals surface area contributed by atoms with E-state index in [4.69, 9.17) is 11.6 Å². The van der Waals surface area contributed by atoms with Gasteiger partial charge in [-0.3, -0.25) is 4.99 Å². The van der Waals surface area contributed by atoms with Gasteiger partial charge < -0.3 is 10.6 Å². The smallest absolute Gasteiger partial charge is 0.191 e. The summed E-state index contributed by atoms with van der Waals surface area (Å²) < 4.78 is 22.9. The van der Waals surface area contributed by atoms with E-state index in [1.807, 2.05) is 31.2 Å². The molecule has 0 bridgehead atoms. The van der Waals surface area contributed by atoms with Crippen LogP contribution in [0, 0.1) is 0 Å². The Balaban J connectivity index is 2.44. The van der Waals surface area contributed by atoms with Crippen molar-refractivity contribution >= 4 is 27.4 Å². The molecule has 2 N–H and O–H groups in total. The highest BCUT2D eigenvalue weighted by molar-refractivity contribution is 7.91. The van der Waals surface area contributed by atoms with E-state index in [0.717, 1.165) is 18.0 Å². The lowest BCUT2D eigenvalue weighted by atomic mass is 10.1. The summed E-state index contributed by atoms with van der Waals surface area (Å²) in [6.45, 7) is 5.33. The first kappa shape index (κ1) is 18.8. The molecule has 0 saturated carbocycles. The number of hydrogen-bond acceptors (Lipinski definition) is 3. The zero-order valence-corrected chi connectivity index (χ0v) is 14.7. The van der Waals surface area contributed by atoms with E-state index in [0.29, 0.717) is 12.5 Å². The SMILES string of the molecule is CCNC(=NCCS(=O)(=O)CC)NCCc1ccc(Cl)cc1. The van der Waals surface area contributed by atoms with E-state index in [9.17, 15) is 8.42 Å². The second-order valence-electron chi connectivity index (χ2n) is 4.80. The third-order valence-electron chi connectivity index (χ3n) is 3.08. The Morgan fingerprint density at radius 3 is 2.45 bits per heavy atom. The highest BCUT2D eigenvalue weighted by Gasteiger charge is 2.06. The molecule has 1 aromatic rings. The molecule has 7 heteroatoms. The van der Waals surface area contributed by atoms with Crippen LogP contribution in [0.15, 0.2) is 29.3 Å². The van der Waals surface area contributed by atoms with Crippen molar-refractivity contribution in [2.24, 2.45) is 4.99 Å². The van der Waals surface area contributed by atoms with Crippen molar-refractivity contribution in [2.75, 3.05) is 31.1 Å². The molecule has 1 aromatic carbocycles. The topological polar surface area (TPSA) is 70.6 Å². The summed E-state index contributed by atoms with van der Waals surface area (Å²) in [7, 11) is -2.97. The number of guanidine groups is 1. The molecule has 0 heterocycles. The molecule has 0 aliphatic carbocycles. The van der Waals surface area contributed by atoms with Crippen molar-refractivity contribution < 1.29 is 8.42 Å². The summed E-state index contributed by atoms with van der Waals surface area (Å²) in [6.07, 6.45) is 0.842. The molecule has 0 atom stereocenters. The first-order valence-corrected chi connectivity index (χ1v) is 9.64. The maximum Gasteiger partial charge on any atom is 0.191 e. The summed E-state index contributed by atoms with van der Waals surface area (Å²) >= 11 is 5.85. The number of halogens is 1. The lowest BCUT2D eigenvalue weighted by Gasteiger charge is -2.11. The number of nitrogens with zero attached hydrogens (tertiary/aromatic N) is 1. The number of hydrogen-bond donors (Lipinski definition) is 2. The van der Waals surface area contributed by atoms with Gasteiger partial charge >= 0.3 is 0 Å². The van der Waals surface area contributed by atoms with Crippen molar-refractivity contribution in [3.63, 3.8) is 0 Å². The van der Waals surface area contributed by atoms with Crippen molar-refractivity contribution in [2.45, 2.75) is 20.3 Å². The Kier molecular flexibility index (Phi) is 8.27. The predicted molar refractivity (Wildman–Crippen MR) is 93.5 cm³/mol. The molecule has 0 radical (unpaired) electrons. The van der Waals surface area contributed by atoms with Crippen LogP contribution < -0.4 is 10.6 Å². The maximum absolute atomic E-state index is 11.4. The van der Waals surface area contributed by atoms with Crippen LogP contribution in [0.3, 0.4) is 0 Å². The molecule has 0 unspecified atom stereocenters. The summed E-state index contributed by atoms with van der Waals surface area (Å²) in [4.78, 5) is 4.29. The largest absolute Gasteiger partial charge is 0.357 e. The summed E-state index contributed by atoms with van der Waals surface area (Å²) in [5, 5.41) is 7.03. The van der Waals surface area contributed by atoms with Crippen LogP contribution in [0.2, 0.25) is 5.02 Å². The number of nitrogens with one attached hydrogen (secondary N) is 2. The van der Waals surface area contributed by atoms with Crippen molar-refractivity contribution in [3.05, 3.63) is 34.9 Å². The van der Waals surface area contributed by atoms with Crippen molar-refractivity contribution in [1.29, 1.82) is 0 Å². The highest BCUT2D eigenvalue weighted by Crippen LogP contribution is 2.09. The predicted octanol–water partition coefficient (Wildman–Crippen LogP) is 1.87. The minimum absolute atomic E-state index is 0.0806. The summed E-state index contributed by atoms with van der Waals surface area (Å²) in [6, 6.07) is 7.71. The van der Waals surface area contributed by atoms with Gasteiger partial charge in [-0.1, -0.05) is 30.7 Å². The number of rotatable bonds is 8. The molecule has 5 nitrogen and oxygen atoms in total. The molecule has 0 aliphatic heterocycles. The Morgan fingerprint density at radius 1 is 1.18 bits per heavy atom. The van der Waals surface area contributed by atoms with Gasteiger partial charge in [0.25, 0.3) is 0 Å². The fraction of sp³-hybridized carbons (Fsp3) is 0.533. The second kappa shape index (κ2) is 9.69. The Morgan fingerprint density at radius 2 is 1.86 bits per heavy atom. The highest BCUT2D eigenvalue weighted by atomic mass is 35.5. The van der Waals surface area contributed by atoms with Crippen LogP contribution in [-0.2, 0) is 16.3 Å². The molecule has 22 heavy (non-hydrogen) atoms. The minimum Gasteiger partial charge on any atom is -0.357 e. The van der Waals surface area contributed by atoms with Crippen LogP contribution in [-0.4, -0.2) is 45.5 Å². The molecular formula is C15H24ClN3O2S. The molecule has 0 aromatic heterocycles. The average Bonchev–Trinajstić information content (AvgIpc) is 2.49. The third-order valence-corrected chi connectivity index (χ3v) is 5.01. The summed E-state index contributed by atoms with van der Waals surface area (Å²) in [5.74, 6) is 0.878. The van der Waals surface area contributed by atoms with E-state index in [1.54, 1.807) is 6.92 Å². The molecule has 0 spiro atoms. The van der Waals surface area contributed by atoms with Gasteiger partial charge in [0.2, 0.25) is 0 Å². The van der Waals surface area contributed by atoms with Gasteiger partial charge in [0.05, 0.1) is 12.3 Å². The summed E-state index contributed by atoms with van der Waals surface area (Å²) in [5.41, 5.74) is 1.18. The van der Waals surface area contributed by atoms with Crippen LogP contribution in [0.5, 0.6) is 0 Å². The van der Waals surface area contributed by atoms with Gasteiger partial charge in [0, 0.05) is 23.9 Å². The van der Waals surface area contributed by atoms with Gasteiger partial charge in [-0.15, -0.1) is 0 Å². The maximum atomic E-state index is 11.4. The van der Waals surface area contributed by atoms with Crippen LogP contribution >= 0.6 is 11.6 Å². The van der Waals surface area contributed by atoms with E-state index < -0.39 is 9.84 Å². The molecular weight excluding hydrogens is 322 g/mol. The van der Waals surface area contributed by atoms with E-state index in [2.05, 4.69) is 15.6 Å². The molecule has 0 fully saturated rings. The Bertz CT molecular complexity index is 571. The molecule has 0 amide bonds. The molecule has 0 saturated heterocycles. The van der Waals surface area contributed by atoms with Gasteiger partial charge in [0.15, 0.2) is 15.8 Å². The van der Waals surface area contributed by atoms with Gasteiger partial charge in [-0.2, -0.15) is 0 Å². The van der Waals surface area contributed by atoms with Crippen LogP contribution in [0.4, 0.5) is 0 Å². The van der Waals surface area contributed by atoms with Crippen LogP contribution in [0.25, 0.3) is 0 Å². The molecule has 0 aliphatic rings. The quantitative estimate of drug-likeness (QED) is 0.557. The van der Waals surface area contributed by atoms with Crippen molar-refractivity contribution in [3.8, 4) is 0 Å². The van der Waals surface area contributed by atoms with Crippen molar-refractivity contribution in [1.82, 2.24) is 10.6 Å². The zero-order valence-electron chi connectivity index (χ0n) is 13.1. The Labute approximate surface area is 138 Å². The zero-order chi connectivity index (χ0) is 16.4. The Hall–Kier alpha value is -1.27. The number of benzene rings is 1. The van der Waals surface area contributed by atoms with Gasteiger partial charge in [0.1, 0.15) is 0 Å². The fourth-order valence-corrected chi connectivity index (χ4v) is 2.54. The van der Waals surface area contributed by atoms with E-state index in [1.165, 1.54) is 5.56 Å². The standard InChI is InChI=1S/C15H24ClN3O2S/c1-3-17-15(19-11-12-22(20,21)4-2)18-10-9-13-5-7-14(16)8-6-13/h5-8H,3-4,9-12H2,1-2H3,(H2,17,18,19). The minimum atomic E-state index is -2.97. The lowest BCUT2D eigenvalue weighted by Crippen LogP contribution is -2.38. The average molecular weight is 346 g/mol. The van der Waals surface area contributed by atoms with Gasteiger partial charge in [-0.25, -0.2) is 8.42 Å². The normalized spacial score (nSPS) is 12.2. The first-order valence-electron chi connectivity index (χ1n) is 7.44. The number of sulfone groups is 1. The lowest BCUT2D eigenvalue weighted by molar-refractivity contribution is 0.597. The second-order valence-corrected chi connectivity index (χ2v) is 7.71. The van der Waals surface area contributed by atoms with E-state index >= 15 is 0 Å².